The maximum atomic E-state index is 13.9. The second-order valence-corrected chi connectivity index (χ2v) is 5.09. The van der Waals surface area contributed by atoms with E-state index in [0.29, 0.717) is 12.0 Å². The van der Waals surface area contributed by atoms with E-state index >= 15 is 0 Å². The minimum Gasteiger partial charge on any atom is -0.487 e. The SMILES string of the molecule is CCNC1(C#N)CCC(Oc2cccc(C)c2F)C1. The quantitative estimate of drug-likeness (QED) is 0.907. The fourth-order valence-corrected chi connectivity index (χ4v) is 2.63. The molecule has 3 nitrogen and oxygen atoms in total. The lowest BCUT2D eigenvalue weighted by atomic mass is 10.00. The van der Waals surface area contributed by atoms with E-state index in [1.54, 1.807) is 25.1 Å². The first-order valence-electron chi connectivity index (χ1n) is 6.68. The third kappa shape index (κ3) is 2.87. The molecule has 4 heteroatoms. The molecule has 0 aromatic heterocycles. The van der Waals surface area contributed by atoms with E-state index in [2.05, 4.69) is 11.4 Å². The molecule has 2 rings (SSSR count). The van der Waals surface area contributed by atoms with Crippen molar-refractivity contribution in [1.82, 2.24) is 5.32 Å². The maximum Gasteiger partial charge on any atom is 0.167 e. The highest BCUT2D eigenvalue weighted by molar-refractivity contribution is 5.30. The summed E-state index contributed by atoms with van der Waals surface area (Å²) < 4.78 is 19.6. The van der Waals surface area contributed by atoms with Gasteiger partial charge in [0.1, 0.15) is 11.6 Å². The van der Waals surface area contributed by atoms with Crippen LogP contribution in [0.2, 0.25) is 0 Å². The van der Waals surface area contributed by atoms with Crippen molar-refractivity contribution in [2.24, 2.45) is 0 Å². The lowest BCUT2D eigenvalue weighted by Gasteiger charge is -2.22. The Morgan fingerprint density at radius 3 is 3.05 bits per heavy atom. The van der Waals surface area contributed by atoms with Gasteiger partial charge in [0.15, 0.2) is 11.6 Å². The number of hydrogen-bond donors (Lipinski definition) is 1. The van der Waals surface area contributed by atoms with Crippen molar-refractivity contribution < 1.29 is 9.13 Å². The average Bonchev–Trinajstić information content (AvgIpc) is 2.79. The van der Waals surface area contributed by atoms with E-state index in [9.17, 15) is 9.65 Å². The number of ether oxygens (including phenoxy) is 1. The number of benzene rings is 1. The number of nitrogens with zero attached hydrogens (tertiary/aromatic N) is 1. The van der Waals surface area contributed by atoms with Crippen LogP contribution in [0.5, 0.6) is 5.75 Å². The van der Waals surface area contributed by atoms with Crippen LogP contribution in [-0.4, -0.2) is 18.2 Å². The Morgan fingerprint density at radius 2 is 2.37 bits per heavy atom. The topological polar surface area (TPSA) is 45.0 Å². The highest BCUT2D eigenvalue weighted by Gasteiger charge is 2.40. The van der Waals surface area contributed by atoms with Crippen LogP contribution >= 0.6 is 0 Å². The van der Waals surface area contributed by atoms with Gasteiger partial charge in [0.25, 0.3) is 0 Å². The molecule has 1 aromatic carbocycles. The summed E-state index contributed by atoms with van der Waals surface area (Å²) in [5.41, 5.74) is 0.0634. The summed E-state index contributed by atoms with van der Waals surface area (Å²) in [5.74, 6) is -0.0179. The van der Waals surface area contributed by atoms with Crippen LogP contribution < -0.4 is 10.1 Å². The summed E-state index contributed by atoms with van der Waals surface area (Å²) in [7, 11) is 0. The largest absolute Gasteiger partial charge is 0.487 e. The summed E-state index contributed by atoms with van der Waals surface area (Å²) in [6, 6.07) is 7.48. The normalized spacial score (nSPS) is 26.1. The zero-order valence-corrected chi connectivity index (χ0v) is 11.4. The van der Waals surface area contributed by atoms with E-state index in [1.165, 1.54) is 0 Å². The van der Waals surface area contributed by atoms with Gasteiger partial charge in [0.05, 0.1) is 6.07 Å². The van der Waals surface area contributed by atoms with Crippen molar-refractivity contribution >= 4 is 0 Å². The van der Waals surface area contributed by atoms with Crippen LogP contribution in [0.3, 0.4) is 0 Å². The second kappa shape index (κ2) is 5.58. The van der Waals surface area contributed by atoms with Gasteiger partial charge in [-0.25, -0.2) is 4.39 Å². The summed E-state index contributed by atoms with van der Waals surface area (Å²) in [6.45, 7) is 4.45. The van der Waals surface area contributed by atoms with Crippen LogP contribution in [0.1, 0.15) is 31.7 Å². The van der Waals surface area contributed by atoms with Gasteiger partial charge in [-0.3, -0.25) is 5.32 Å². The second-order valence-electron chi connectivity index (χ2n) is 5.09. The molecule has 1 aliphatic carbocycles. The molecule has 2 atom stereocenters. The predicted octanol–water partition coefficient (Wildman–Crippen LogP) is 2.94. The van der Waals surface area contributed by atoms with Crippen molar-refractivity contribution in [2.75, 3.05) is 6.54 Å². The van der Waals surface area contributed by atoms with E-state index in [1.807, 2.05) is 6.92 Å². The molecule has 1 fully saturated rings. The van der Waals surface area contributed by atoms with Gasteiger partial charge in [-0.1, -0.05) is 19.1 Å². The van der Waals surface area contributed by atoms with Gasteiger partial charge in [-0.15, -0.1) is 0 Å². The zero-order chi connectivity index (χ0) is 13.9. The molecule has 1 N–H and O–H groups in total. The number of aryl methyl sites for hydroxylation is 1. The highest BCUT2D eigenvalue weighted by Crippen LogP contribution is 2.33. The number of hydrogen-bond acceptors (Lipinski definition) is 3. The lowest BCUT2D eigenvalue weighted by Crippen LogP contribution is -2.42. The van der Waals surface area contributed by atoms with Crippen LogP contribution in [0, 0.1) is 24.1 Å². The van der Waals surface area contributed by atoms with Crippen molar-refractivity contribution in [3.63, 3.8) is 0 Å². The summed E-state index contributed by atoms with van der Waals surface area (Å²) in [5, 5.41) is 12.5. The Hall–Kier alpha value is -1.60. The van der Waals surface area contributed by atoms with Crippen LogP contribution in [0.25, 0.3) is 0 Å². The fraction of sp³-hybridized carbons (Fsp3) is 0.533. The number of nitriles is 1. The van der Waals surface area contributed by atoms with Crippen molar-refractivity contribution in [1.29, 1.82) is 5.26 Å². The van der Waals surface area contributed by atoms with Gasteiger partial charge in [-0.2, -0.15) is 5.26 Å². The Labute approximate surface area is 113 Å². The molecule has 0 amide bonds. The molecule has 1 saturated carbocycles. The third-order valence-electron chi connectivity index (χ3n) is 3.65. The number of rotatable bonds is 4. The standard InChI is InChI=1S/C15H19FN2O/c1-3-18-15(10-17)8-7-12(9-15)19-13-6-4-5-11(2)14(13)16/h4-6,12,18H,3,7-9H2,1-2H3. The van der Waals surface area contributed by atoms with E-state index in [4.69, 9.17) is 4.74 Å². The summed E-state index contributed by atoms with van der Waals surface area (Å²) in [4.78, 5) is 0. The molecule has 0 aliphatic heterocycles. The van der Waals surface area contributed by atoms with E-state index < -0.39 is 5.54 Å². The van der Waals surface area contributed by atoms with Crippen molar-refractivity contribution in [3.8, 4) is 11.8 Å². The minimum absolute atomic E-state index is 0.102. The Morgan fingerprint density at radius 1 is 1.58 bits per heavy atom. The Balaban J connectivity index is 2.06. The molecule has 0 saturated heterocycles. The van der Waals surface area contributed by atoms with Crippen molar-refractivity contribution in [2.45, 2.75) is 44.8 Å². The summed E-state index contributed by atoms with van der Waals surface area (Å²) >= 11 is 0. The molecule has 1 aromatic rings. The molecular formula is C15H19FN2O. The molecule has 19 heavy (non-hydrogen) atoms. The molecule has 0 radical (unpaired) electrons. The first-order chi connectivity index (χ1) is 9.10. The maximum absolute atomic E-state index is 13.9. The highest BCUT2D eigenvalue weighted by atomic mass is 19.1. The molecule has 102 valence electrons. The van der Waals surface area contributed by atoms with Gasteiger partial charge in [-0.05, 0) is 37.9 Å². The van der Waals surface area contributed by atoms with Crippen LogP contribution in [0.15, 0.2) is 18.2 Å². The Bertz CT molecular complexity index is 497. The smallest absolute Gasteiger partial charge is 0.167 e. The van der Waals surface area contributed by atoms with Gasteiger partial charge >= 0.3 is 0 Å². The molecule has 1 aliphatic rings. The predicted molar refractivity (Wildman–Crippen MR) is 71.4 cm³/mol. The molecule has 0 heterocycles. The average molecular weight is 262 g/mol. The molecule has 0 bridgehead atoms. The van der Waals surface area contributed by atoms with E-state index in [0.717, 1.165) is 19.4 Å². The zero-order valence-electron chi connectivity index (χ0n) is 11.4. The van der Waals surface area contributed by atoms with Gasteiger partial charge in [0, 0.05) is 6.42 Å². The first-order valence-corrected chi connectivity index (χ1v) is 6.68. The molecular weight excluding hydrogens is 243 g/mol. The van der Waals surface area contributed by atoms with E-state index in [-0.39, 0.29) is 17.7 Å². The summed E-state index contributed by atoms with van der Waals surface area (Å²) in [6.07, 6.45) is 2.02. The minimum atomic E-state index is -0.514. The van der Waals surface area contributed by atoms with Gasteiger partial charge < -0.3 is 4.74 Å². The lowest BCUT2D eigenvalue weighted by molar-refractivity contribution is 0.192. The number of nitrogens with one attached hydrogen (secondary N) is 1. The molecule has 0 spiro atoms. The third-order valence-corrected chi connectivity index (χ3v) is 3.65. The Kier molecular flexibility index (Phi) is 4.06. The van der Waals surface area contributed by atoms with Crippen molar-refractivity contribution in [3.05, 3.63) is 29.6 Å². The fourth-order valence-electron chi connectivity index (χ4n) is 2.63. The van der Waals surface area contributed by atoms with Crippen LogP contribution in [-0.2, 0) is 0 Å². The van der Waals surface area contributed by atoms with Crippen LogP contribution in [0.4, 0.5) is 4.39 Å². The van der Waals surface area contributed by atoms with Gasteiger partial charge in [0.2, 0.25) is 0 Å². The first kappa shape index (κ1) is 13.8. The monoisotopic (exact) mass is 262 g/mol. The number of halogens is 1. The molecule has 2 unspecified atom stereocenters.